The van der Waals surface area contributed by atoms with Crippen LogP contribution in [-0.2, 0) is 11.3 Å². The summed E-state index contributed by atoms with van der Waals surface area (Å²) < 4.78 is 6.07. The van der Waals surface area contributed by atoms with Gasteiger partial charge in [-0.25, -0.2) is 4.79 Å². The van der Waals surface area contributed by atoms with Crippen LogP contribution < -0.4 is 5.32 Å². The van der Waals surface area contributed by atoms with Crippen LogP contribution in [0.15, 0.2) is 22.7 Å². The summed E-state index contributed by atoms with van der Waals surface area (Å²) in [4.78, 5) is 10.9. The van der Waals surface area contributed by atoms with E-state index in [1.54, 1.807) is 18.2 Å². The zero-order valence-electron chi connectivity index (χ0n) is 11.1. The molecule has 0 saturated carbocycles. The number of aliphatic hydroxyl groups is 1. The summed E-state index contributed by atoms with van der Waals surface area (Å²) in [5, 5.41) is 21.9. The lowest BCUT2D eigenvalue weighted by molar-refractivity contribution is 0.0111. The lowest BCUT2D eigenvalue weighted by Gasteiger charge is -2.36. The number of aliphatic hydroxyl groups excluding tert-OH is 1. The van der Waals surface area contributed by atoms with Crippen molar-refractivity contribution in [1.29, 1.82) is 0 Å². The third-order valence-corrected chi connectivity index (χ3v) is 4.44. The molecule has 1 aromatic rings. The molecule has 2 rings (SSSR count). The highest BCUT2D eigenvalue weighted by molar-refractivity contribution is 9.10. The minimum absolute atomic E-state index is 0.0706. The Morgan fingerprint density at radius 3 is 2.65 bits per heavy atom. The molecule has 110 valence electrons. The van der Waals surface area contributed by atoms with Gasteiger partial charge in [-0.05, 0) is 30.5 Å². The maximum Gasteiger partial charge on any atom is 0.335 e. The van der Waals surface area contributed by atoms with Crippen LogP contribution in [0, 0.1) is 0 Å². The highest BCUT2D eigenvalue weighted by Crippen LogP contribution is 2.23. The molecule has 0 amide bonds. The van der Waals surface area contributed by atoms with Crippen molar-refractivity contribution in [3.05, 3.63) is 33.8 Å². The van der Waals surface area contributed by atoms with E-state index in [1.165, 1.54) is 0 Å². The second-order valence-electron chi connectivity index (χ2n) is 5.02. The average molecular weight is 344 g/mol. The van der Waals surface area contributed by atoms with Crippen LogP contribution in [0.3, 0.4) is 0 Å². The fourth-order valence-electron chi connectivity index (χ4n) is 2.26. The molecule has 1 aliphatic heterocycles. The van der Waals surface area contributed by atoms with Gasteiger partial charge in [0.1, 0.15) is 0 Å². The largest absolute Gasteiger partial charge is 0.478 e. The Kier molecular flexibility index (Phi) is 5.15. The number of ether oxygens (including phenoxy) is 1. The van der Waals surface area contributed by atoms with Crippen LogP contribution in [0.5, 0.6) is 0 Å². The van der Waals surface area contributed by atoms with Crippen LogP contribution in [-0.4, -0.2) is 41.5 Å². The Bertz CT molecular complexity index is 486. The first-order chi connectivity index (χ1) is 9.56. The molecular weight excluding hydrogens is 326 g/mol. The van der Waals surface area contributed by atoms with Gasteiger partial charge >= 0.3 is 5.97 Å². The number of hydrogen-bond acceptors (Lipinski definition) is 4. The molecule has 1 saturated heterocycles. The normalized spacial score (nSPS) is 17.9. The second-order valence-corrected chi connectivity index (χ2v) is 5.87. The predicted molar refractivity (Wildman–Crippen MR) is 77.8 cm³/mol. The lowest BCUT2D eigenvalue weighted by atomic mass is 9.90. The van der Waals surface area contributed by atoms with Gasteiger partial charge in [-0.2, -0.15) is 0 Å². The van der Waals surface area contributed by atoms with Crippen LogP contribution in [0.25, 0.3) is 0 Å². The molecule has 20 heavy (non-hydrogen) atoms. The van der Waals surface area contributed by atoms with Gasteiger partial charge in [-0.15, -0.1) is 0 Å². The second kappa shape index (κ2) is 6.67. The molecule has 0 bridgehead atoms. The van der Waals surface area contributed by atoms with Crippen molar-refractivity contribution in [3.8, 4) is 0 Å². The highest BCUT2D eigenvalue weighted by atomic mass is 79.9. The van der Waals surface area contributed by atoms with Gasteiger partial charge in [-0.3, -0.25) is 0 Å². The lowest BCUT2D eigenvalue weighted by Crippen LogP contribution is -2.51. The SMILES string of the molecule is O=C(O)c1ccc(CNC2(CO)CCOCC2)c(Br)c1. The maximum absolute atomic E-state index is 10.9. The van der Waals surface area contributed by atoms with E-state index in [9.17, 15) is 9.90 Å². The summed E-state index contributed by atoms with van der Waals surface area (Å²) in [6.45, 7) is 1.93. The first kappa shape index (κ1) is 15.4. The van der Waals surface area contributed by atoms with Crippen molar-refractivity contribution in [2.24, 2.45) is 0 Å². The smallest absolute Gasteiger partial charge is 0.335 e. The molecule has 6 heteroatoms. The standard InChI is InChI=1S/C14H18BrNO4/c15-12-7-10(13(18)19)1-2-11(12)8-16-14(9-17)3-5-20-6-4-14/h1-2,7,16-17H,3-6,8-9H2,(H,18,19). The quantitative estimate of drug-likeness (QED) is 0.759. The van der Waals surface area contributed by atoms with E-state index in [2.05, 4.69) is 21.2 Å². The molecule has 0 atom stereocenters. The number of hydrogen-bond donors (Lipinski definition) is 3. The first-order valence-corrected chi connectivity index (χ1v) is 7.31. The predicted octanol–water partition coefficient (Wildman–Crippen LogP) is 1.78. The van der Waals surface area contributed by atoms with E-state index in [1.807, 2.05) is 0 Å². The number of aromatic carboxylic acids is 1. The monoisotopic (exact) mass is 343 g/mol. The average Bonchev–Trinajstić information content (AvgIpc) is 2.47. The van der Waals surface area contributed by atoms with Crippen LogP contribution >= 0.6 is 15.9 Å². The summed E-state index contributed by atoms with van der Waals surface area (Å²) in [5.41, 5.74) is 0.918. The third-order valence-electron chi connectivity index (χ3n) is 3.71. The molecular formula is C14H18BrNO4. The summed E-state index contributed by atoms with van der Waals surface area (Å²) in [6.07, 6.45) is 1.54. The highest BCUT2D eigenvalue weighted by Gasteiger charge is 2.31. The number of benzene rings is 1. The summed E-state index contributed by atoms with van der Waals surface area (Å²) >= 11 is 3.39. The van der Waals surface area contributed by atoms with Crippen molar-refractivity contribution >= 4 is 21.9 Å². The van der Waals surface area contributed by atoms with Crippen molar-refractivity contribution < 1.29 is 19.7 Å². The molecule has 1 fully saturated rings. The number of halogens is 1. The van der Waals surface area contributed by atoms with Crippen LogP contribution in [0.1, 0.15) is 28.8 Å². The molecule has 5 nitrogen and oxygen atoms in total. The molecule has 3 N–H and O–H groups in total. The third kappa shape index (κ3) is 3.58. The first-order valence-electron chi connectivity index (χ1n) is 6.52. The minimum Gasteiger partial charge on any atom is -0.478 e. The fourth-order valence-corrected chi connectivity index (χ4v) is 2.78. The van der Waals surface area contributed by atoms with Crippen LogP contribution in [0.2, 0.25) is 0 Å². The van der Waals surface area contributed by atoms with Gasteiger partial charge in [0, 0.05) is 29.8 Å². The number of carboxylic acid groups (broad SMARTS) is 1. The molecule has 1 heterocycles. The zero-order valence-corrected chi connectivity index (χ0v) is 12.6. The van der Waals surface area contributed by atoms with Gasteiger partial charge in [0.15, 0.2) is 0 Å². The maximum atomic E-state index is 10.9. The van der Waals surface area contributed by atoms with Crippen LogP contribution in [0.4, 0.5) is 0 Å². The summed E-state index contributed by atoms with van der Waals surface area (Å²) in [7, 11) is 0. The van der Waals surface area contributed by atoms with Gasteiger partial charge in [-0.1, -0.05) is 22.0 Å². The summed E-state index contributed by atoms with van der Waals surface area (Å²) in [5.74, 6) is -0.943. The van der Waals surface area contributed by atoms with E-state index in [0.717, 1.165) is 22.9 Å². The Morgan fingerprint density at radius 2 is 2.10 bits per heavy atom. The molecule has 1 aromatic carbocycles. The Hall–Kier alpha value is -0.950. The van der Waals surface area contributed by atoms with E-state index >= 15 is 0 Å². The van der Waals surface area contributed by atoms with Crippen molar-refractivity contribution in [2.45, 2.75) is 24.9 Å². The topological polar surface area (TPSA) is 78.8 Å². The molecule has 0 radical (unpaired) electrons. The van der Waals surface area contributed by atoms with Gasteiger partial charge in [0.05, 0.1) is 12.2 Å². The number of carbonyl (C=O) groups is 1. The number of carboxylic acids is 1. The van der Waals surface area contributed by atoms with E-state index in [0.29, 0.717) is 19.8 Å². The Labute approximate surface area is 126 Å². The molecule has 0 aromatic heterocycles. The molecule has 0 unspecified atom stereocenters. The van der Waals surface area contributed by atoms with Gasteiger partial charge < -0.3 is 20.3 Å². The van der Waals surface area contributed by atoms with Gasteiger partial charge in [0.25, 0.3) is 0 Å². The zero-order chi connectivity index (χ0) is 14.6. The van der Waals surface area contributed by atoms with E-state index in [-0.39, 0.29) is 17.7 Å². The van der Waals surface area contributed by atoms with Crippen molar-refractivity contribution in [3.63, 3.8) is 0 Å². The van der Waals surface area contributed by atoms with Crippen molar-refractivity contribution in [1.82, 2.24) is 5.32 Å². The van der Waals surface area contributed by atoms with Gasteiger partial charge in [0.2, 0.25) is 0 Å². The molecule has 0 spiro atoms. The Balaban J connectivity index is 2.04. The van der Waals surface area contributed by atoms with E-state index < -0.39 is 5.97 Å². The molecule has 0 aliphatic carbocycles. The fraction of sp³-hybridized carbons (Fsp3) is 0.500. The number of rotatable bonds is 5. The number of nitrogens with one attached hydrogen (secondary N) is 1. The molecule has 1 aliphatic rings. The minimum atomic E-state index is -0.943. The van der Waals surface area contributed by atoms with Crippen molar-refractivity contribution in [2.75, 3.05) is 19.8 Å². The summed E-state index contributed by atoms with van der Waals surface area (Å²) in [6, 6.07) is 4.96. The Morgan fingerprint density at radius 1 is 1.40 bits per heavy atom. The van der Waals surface area contributed by atoms with E-state index in [4.69, 9.17) is 9.84 Å².